The first-order valence-corrected chi connectivity index (χ1v) is 6.42. The standard InChI is InChI=1S/C12H23N3O/c1-10(13)11-4-7-14(8-11)9-12(16)15-5-2-3-6-15/h10-11H,2-9,13H2,1H3. The summed E-state index contributed by atoms with van der Waals surface area (Å²) in [6.45, 7) is 6.62. The molecule has 0 aromatic heterocycles. The molecule has 16 heavy (non-hydrogen) atoms. The van der Waals surface area contributed by atoms with Crippen LogP contribution in [0.3, 0.4) is 0 Å². The summed E-state index contributed by atoms with van der Waals surface area (Å²) in [7, 11) is 0. The maximum atomic E-state index is 11.9. The van der Waals surface area contributed by atoms with Crippen LogP contribution in [-0.2, 0) is 4.79 Å². The minimum absolute atomic E-state index is 0.256. The van der Waals surface area contributed by atoms with Gasteiger partial charge in [-0.1, -0.05) is 0 Å². The van der Waals surface area contributed by atoms with Crippen molar-refractivity contribution in [2.45, 2.75) is 32.2 Å². The summed E-state index contributed by atoms with van der Waals surface area (Å²) >= 11 is 0. The van der Waals surface area contributed by atoms with Crippen LogP contribution in [0.15, 0.2) is 0 Å². The summed E-state index contributed by atoms with van der Waals surface area (Å²) in [5.74, 6) is 0.884. The maximum absolute atomic E-state index is 11.9. The van der Waals surface area contributed by atoms with Crippen molar-refractivity contribution in [3.8, 4) is 0 Å². The van der Waals surface area contributed by atoms with E-state index < -0.39 is 0 Å². The minimum atomic E-state index is 0.256. The Morgan fingerprint density at radius 2 is 2.06 bits per heavy atom. The Labute approximate surface area is 97.8 Å². The van der Waals surface area contributed by atoms with Crippen molar-refractivity contribution < 1.29 is 4.79 Å². The van der Waals surface area contributed by atoms with Gasteiger partial charge >= 0.3 is 0 Å². The molecule has 2 aliphatic heterocycles. The smallest absolute Gasteiger partial charge is 0.236 e. The zero-order valence-corrected chi connectivity index (χ0v) is 10.2. The number of carbonyl (C=O) groups excluding carboxylic acids is 1. The van der Waals surface area contributed by atoms with Gasteiger partial charge in [0.15, 0.2) is 0 Å². The fraction of sp³-hybridized carbons (Fsp3) is 0.917. The van der Waals surface area contributed by atoms with Gasteiger partial charge in [0.2, 0.25) is 5.91 Å². The molecule has 0 aliphatic carbocycles. The van der Waals surface area contributed by atoms with Crippen molar-refractivity contribution in [3.63, 3.8) is 0 Å². The maximum Gasteiger partial charge on any atom is 0.236 e. The number of hydrogen-bond donors (Lipinski definition) is 1. The Kier molecular flexibility index (Phi) is 3.82. The van der Waals surface area contributed by atoms with Gasteiger partial charge in [0.25, 0.3) is 0 Å². The van der Waals surface area contributed by atoms with Crippen molar-refractivity contribution in [1.29, 1.82) is 0 Å². The van der Waals surface area contributed by atoms with Crippen molar-refractivity contribution in [2.24, 2.45) is 11.7 Å². The summed E-state index contributed by atoms with van der Waals surface area (Å²) in [4.78, 5) is 16.2. The second kappa shape index (κ2) is 5.15. The summed E-state index contributed by atoms with van der Waals surface area (Å²) in [5, 5.41) is 0. The van der Waals surface area contributed by atoms with Crippen molar-refractivity contribution >= 4 is 5.91 Å². The predicted octanol–water partition coefficient (Wildman–Crippen LogP) is 0.278. The highest BCUT2D eigenvalue weighted by molar-refractivity contribution is 5.78. The third-order valence-electron chi connectivity index (χ3n) is 3.87. The van der Waals surface area contributed by atoms with Gasteiger partial charge < -0.3 is 10.6 Å². The van der Waals surface area contributed by atoms with Crippen LogP contribution in [0.4, 0.5) is 0 Å². The molecule has 0 saturated carbocycles. The van der Waals surface area contributed by atoms with Crippen LogP contribution in [0.2, 0.25) is 0 Å². The van der Waals surface area contributed by atoms with Gasteiger partial charge in [0.1, 0.15) is 0 Å². The van der Waals surface area contributed by atoms with E-state index in [1.807, 2.05) is 4.90 Å². The van der Waals surface area contributed by atoms with Gasteiger partial charge in [-0.25, -0.2) is 0 Å². The molecule has 2 saturated heterocycles. The van der Waals surface area contributed by atoms with E-state index in [9.17, 15) is 4.79 Å². The molecular formula is C12H23N3O. The normalized spacial score (nSPS) is 28.6. The first-order chi connectivity index (χ1) is 7.66. The summed E-state index contributed by atoms with van der Waals surface area (Å²) in [6.07, 6.45) is 3.49. The Morgan fingerprint density at radius 1 is 1.38 bits per heavy atom. The van der Waals surface area contributed by atoms with Crippen LogP contribution in [0.25, 0.3) is 0 Å². The second-order valence-electron chi connectivity index (χ2n) is 5.23. The van der Waals surface area contributed by atoms with E-state index in [1.54, 1.807) is 0 Å². The van der Waals surface area contributed by atoms with Crippen LogP contribution >= 0.6 is 0 Å². The molecule has 0 radical (unpaired) electrons. The van der Waals surface area contributed by atoms with Crippen LogP contribution in [0.1, 0.15) is 26.2 Å². The van der Waals surface area contributed by atoms with Gasteiger partial charge in [0, 0.05) is 25.7 Å². The third-order valence-corrected chi connectivity index (χ3v) is 3.87. The molecule has 2 rings (SSSR count). The summed E-state index contributed by atoms with van der Waals surface area (Å²) in [6, 6.07) is 0.256. The van der Waals surface area contributed by atoms with E-state index >= 15 is 0 Å². The summed E-state index contributed by atoms with van der Waals surface area (Å²) < 4.78 is 0. The molecule has 0 aromatic carbocycles. The lowest BCUT2D eigenvalue weighted by Crippen LogP contribution is -2.38. The monoisotopic (exact) mass is 225 g/mol. The highest BCUT2D eigenvalue weighted by Crippen LogP contribution is 2.18. The van der Waals surface area contributed by atoms with E-state index in [2.05, 4.69) is 11.8 Å². The first-order valence-electron chi connectivity index (χ1n) is 6.42. The molecule has 2 fully saturated rings. The summed E-state index contributed by atoms with van der Waals surface area (Å²) in [5.41, 5.74) is 5.89. The number of carbonyl (C=O) groups is 1. The predicted molar refractivity (Wildman–Crippen MR) is 64.0 cm³/mol. The lowest BCUT2D eigenvalue weighted by atomic mass is 10.0. The molecule has 2 N–H and O–H groups in total. The molecule has 4 heteroatoms. The van der Waals surface area contributed by atoms with Crippen molar-refractivity contribution in [1.82, 2.24) is 9.80 Å². The number of nitrogens with two attached hydrogens (primary N) is 1. The van der Waals surface area contributed by atoms with Crippen LogP contribution < -0.4 is 5.73 Å². The number of likely N-dealkylation sites (tertiary alicyclic amines) is 2. The highest BCUT2D eigenvalue weighted by atomic mass is 16.2. The molecule has 0 aromatic rings. The molecule has 2 aliphatic rings. The Morgan fingerprint density at radius 3 is 2.62 bits per heavy atom. The number of amides is 1. The largest absolute Gasteiger partial charge is 0.342 e. The first kappa shape index (κ1) is 11.9. The van der Waals surface area contributed by atoms with Gasteiger partial charge in [-0.05, 0) is 38.6 Å². The molecule has 2 atom stereocenters. The molecule has 0 spiro atoms. The van der Waals surface area contributed by atoms with Crippen molar-refractivity contribution in [2.75, 3.05) is 32.7 Å². The fourth-order valence-corrected chi connectivity index (χ4v) is 2.69. The Hall–Kier alpha value is -0.610. The molecule has 2 heterocycles. The molecule has 92 valence electrons. The number of nitrogens with zero attached hydrogens (tertiary/aromatic N) is 2. The van der Waals surface area contributed by atoms with Gasteiger partial charge in [-0.15, -0.1) is 0 Å². The third kappa shape index (κ3) is 2.74. The molecule has 2 unspecified atom stereocenters. The Bertz CT molecular complexity index is 249. The zero-order chi connectivity index (χ0) is 11.5. The van der Waals surface area contributed by atoms with E-state index in [0.29, 0.717) is 18.4 Å². The molecule has 4 nitrogen and oxygen atoms in total. The highest BCUT2D eigenvalue weighted by Gasteiger charge is 2.28. The van der Waals surface area contributed by atoms with Gasteiger partial charge in [-0.2, -0.15) is 0 Å². The van der Waals surface area contributed by atoms with E-state index in [1.165, 1.54) is 12.8 Å². The van der Waals surface area contributed by atoms with Crippen LogP contribution in [0, 0.1) is 5.92 Å². The zero-order valence-electron chi connectivity index (χ0n) is 10.2. The van der Waals surface area contributed by atoms with Crippen LogP contribution in [0.5, 0.6) is 0 Å². The van der Waals surface area contributed by atoms with E-state index in [4.69, 9.17) is 5.73 Å². The second-order valence-corrected chi connectivity index (χ2v) is 5.23. The average molecular weight is 225 g/mol. The van der Waals surface area contributed by atoms with E-state index in [-0.39, 0.29) is 6.04 Å². The number of rotatable bonds is 3. The molecular weight excluding hydrogens is 202 g/mol. The topological polar surface area (TPSA) is 49.6 Å². The lowest BCUT2D eigenvalue weighted by molar-refractivity contribution is -0.131. The van der Waals surface area contributed by atoms with Crippen molar-refractivity contribution in [3.05, 3.63) is 0 Å². The fourth-order valence-electron chi connectivity index (χ4n) is 2.69. The quantitative estimate of drug-likeness (QED) is 0.750. The molecule has 1 amide bonds. The SMILES string of the molecule is CC(N)C1CCN(CC(=O)N2CCCC2)C1. The van der Waals surface area contributed by atoms with Gasteiger partial charge in [-0.3, -0.25) is 9.69 Å². The molecule has 0 bridgehead atoms. The average Bonchev–Trinajstić information content (AvgIpc) is 2.87. The van der Waals surface area contributed by atoms with Crippen LogP contribution in [-0.4, -0.2) is 54.5 Å². The lowest BCUT2D eigenvalue weighted by Gasteiger charge is -2.21. The van der Waals surface area contributed by atoms with E-state index in [0.717, 1.165) is 32.6 Å². The minimum Gasteiger partial charge on any atom is -0.342 e. The number of hydrogen-bond acceptors (Lipinski definition) is 3. The van der Waals surface area contributed by atoms with Gasteiger partial charge in [0.05, 0.1) is 6.54 Å². The Balaban J connectivity index is 1.76.